The fourth-order valence-corrected chi connectivity index (χ4v) is 3.68. The summed E-state index contributed by atoms with van der Waals surface area (Å²) in [6.45, 7) is 7.58. The van der Waals surface area contributed by atoms with Gasteiger partial charge in [0.05, 0.1) is 0 Å². The molecule has 0 aliphatic carbocycles. The van der Waals surface area contributed by atoms with Gasteiger partial charge in [0.15, 0.2) is 11.5 Å². The van der Waals surface area contributed by atoms with E-state index in [2.05, 4.69) is 37.9 Å². The van der Waals surface area contributed by atoms with E-state index < -0.39 is 0 Å². The van der Waals surface area contributed by atoms with E-state index in [9.17, 15) is 0 Å². The number of fused-ring (bicyclic) bond motifs is 1. The smallest absolute Gasteiger partial charge is 0.165 e. The average Bonchev–Trinajstić information content (AvgIpc) is 2.86. The van der Waals surface area contributed by atoms with Gasteiger partial charge >= 0.3 is 0 Å². The van der Waals surface area contributed by atoms with Crippen LogP contribution in [0.1, 0.15) is 43.4 Å². The van der Waals surface area contributed by atoms with Crippen molar-refractivity contribution in [3.05, 3.63) is 23.3 Å². The normalized spacial score (nSPS) is 25.6. The summed E-state index contributed by atoms with van der Waals surface area (Å²) in [5.74, 6) is 2.86. The molecule has 4 nitrogen and oxygen atoms in total. The van der Waals surface area contributed by atoms with E-state index in [0.717, 1.165) is 31.0 Å². The Morgan fingerprint density at radius 2 is 2.05 bits per heavy atom. The zero-order chi connectivity index (χ0) is 15.0. The summed E-state index contributed by atoms with van der Waals surface area (Å²) in [4.78, 5) is 2.43. The molecule has 0 amide bonds. The molecular formula is C17H26N2O2. The number of rotatable bonds is 3. The molecular weight excluding hydrogens is 264 g/mol. The van der Waals surface area contributed by atoms with E-state index >= 15 is 0 Å². The molecule has 2 heterocycles. The summed E-state index contributed by atoms with van der Waals surface area (Å²) in [5.41, 5.74) is 8.56. The van der Waals surface area contributed by atoms with Crippen LogP contribution >= 0.6 is 0 Å². The number of nitrogens with two attached hydrogens (primary N) is 1. The first-order chi connectivity index (χ1) is 10.1. The Bertz CT molecular complexity index is 516. The number of hydrogen-bond donors (Lipinski definition) is 1. The maximum atomic E-state index is 5.94. The Morgan fingerprint density at radius 1 is 1.29 bits per heavy atom. The minimum Gasteiger partial charge on any atom is -0.486 e. The van der Waals surface area contributed by atoms with Gasteiger partial charge in [0.1, 0.15) is 13.2 Å². The highest BCUT2D eigenvalue weighted by molar-refractivity contribution is 5.54. The molecule has 21 heavy (non-hydrogen) atoms. The number of likely N-dealkylation sites (tertiary alicyclic amines) is 1. The second kappa shape index (κ2) is 5.85. The fourth-order valence-electron chi connectivity index (χ4n) is 3.68. The van der Waals surface area contributed by atoms with E-state index in [1.54, 1.807) is 0 Å². The van der Waals surface area contributed by atoms with Crippen LogP contribution in [0.25, 0.3) is 0 Å². The van der Waals surface area contributed by atoms with Crippen LogP contribution in [0.2, 0.25) is 0 Å². The van der Waals surface area contributed by atoms with Gasteiger partial charge < -0.3 is 15.2 Å². The quantitative estimate of drug-likeness (QED) is 0.929. The van der Waals surface area contributed by atoms with E-state index in [1.807, 2.05) is 0 Å². The van der Waals surface area contributed by atoms with Gasteiger partial charge in [-0.1, -0.05) is 19.9 Å². The number of ether oxygens (including phenoxy) is 2. The molecule has 1 aromatic carbocycles. The van der Waals surface area contributed by atoms with Crippen molar-refractivity contribution < 1.29 is 9.47 Å². The van der Waals surface area contributed by atoms with Gasteiger partial charge in [-0.25, -0.2) is 0 Å². The molecule has 0 bridgehead atoms. The molecule has 2 N–H and O–H groups in total. The first kappa shape index (κ1) is 14.7. The fraction of sp³-hybridized carbons (Fsp3) is 0.647. The average molecular weight is 290 g/mol. The molecule has 0 aromatic heterocycles. The lowest BCUT2D eigenvalue weighted by Crippen LogP contribution is -2.22. The molecule has 0 saturated carbocycles. The zero-order valence-corrected chi connectivity index (χ0v) is 13.3. The third kappa shape index (κ3) is 2.62. The molecule has 1 aromatic rings. The van der Waals surface area contributed by atoms with Gasteiger partial charge in [0.25, 0.3) is 0 Å². The van der Waals surface area contributed by atoms with E-state index in [4.69, 9.17) is 15.2 Å². The van der Waals surface area contributed by atoms with Crippen molar-refractivity contribution in [2.45, 2.75) is 32.2 Å². The van der Waals surface area contributed by atoms with Crippen LogP contribution in [0.3, 0.4) is 0 Å². The molecule has 4 heteroatoms. The van der Waals surface area contributed by atoms with Crippen molar-refractivity contribution in [2.24, 2.45) is 11.7 Å². The van der Waals surface area contributed by atoms with Gasteiger partial charge in [-0.3, -0.25) is 4.90 Å². The Labute approximate surface area is 127 Å². The summed E-state index contributed by atoms with van der Waals surface area (Å²) in [6.07, 6.45) is 1.13. The second-order valence-corrected chi connectivity index (χ2v) is 6.54. The summed E-state index contributed by atoms with van der Waals surface area (Å²) >= 11 is 0. The summed E-state index contributed by atoms with van der Waals surface area (Å²) in [5, 5.41) is 0. The largest absolute Gasteiger partial charge is 0.486 e. The number of nitrogens with zero attached hydrogens (tertiary/aromatic N) is 1. The van der Waals surface area contributed by atoms with Crippen molar-refractivity contribution in [3.63, 3.8) is 0 Å². The molecule has 2 unspecified atom stereocenters. The lowest BCUT2D eigenvalue weighted by atomic mass is 9.89. The van der Waals surface area contributed by atoms with Gasteiger partial charge in [-0.15, -0.1) is 0 Å². The van der Waals surface area contributed by atoms with Gasteiger partial charge in [-0.05, 0) is 43.5 Å². The topological polar surface area (TPSA) is 47.7 Å². The Morgan fingerprint density at radius 3 is 2.71 bits per heavy atom. The maximum absolute atomic E-state index is 5.94. The number of benzene rings is 1. The third-order valence-electron chi connectivity index (χ3n) is 4.69. The van der Waals surface area contributed by atoms with Crippen LogP contribution < -0.4 is 15.2 Å². The van der Waals surface area contributed by atoms with Crippen molar-refractivity contribution in [3.8, 4) is 11.5 Å². The van der Waals surface area contributed by atoms with Crippen LogP contribution in [-0.2, 0) is 0 Å². The van der Waals surface area contributed by atoms with Crippen molar-refractivity contribution >= 4 is 0 Å². The van der Waals surface area contributed by atoms with Crippen molar-refractivity contribution in [2.75, 3.05) is 33.4 Å². The van der Waals surface area contributed by atoms with Gasteiger partial charge in [-0.2, -0.15) is 0 Å². The predicted octanol–water partition coefficient (Wildman–Crippen LogP) is 2.53. The maximum Gasteiger partial charge on any atom is 0.165 e. The van der Waals surface area contributed by atoms with Crippen LogP contribution in [0.4, 0.5) is 0 Å². The molecule has 3 rings (SSSR count). The van der Waals surface area contributed by atoms with Crippen molar-refractivity contribution in [1.29, 1.82) is 0 Å². The SMILES string of the molecule is CC(C)c1c(C2CC(CN)CN2C)ccc2c1OCCO2. The van der Waals surface area contributed by atoms with E-state index in [-0.39, 0.29) is 0 Å². The molecule has 2 atom stereocenters. The Hall–Kier alpha value is -1.26. The summed E-state index contributed by atoms with van der Waals surface area (Å²) in [6, 6.07) is 4.73. The van der Waals surface area contributed by atoms with Crippen LogP contribution in [0.5, 0.6) is 11.5 Å². The minimum absolute atomic E-state index is 0.418. The minimum atomic E-state index is 0.418. The molecule has 0 radical (unpaired) electrons. The van der Waals surface area contributed by atoms with E-state index in [1.165, 1.54) is 11.1 Å². The standard InChI is InChI=1S/C17H26N2O2/c1-11(2)16-13(14-8-12(9-18)10-19(14)3)4-5-15-17(16)21-7-6-20-15/h4-5,11-12,14H,6-10,18H2,1-3H3. The Kier molecular flexibility index (Phi) is 4.09. The van der Waals surface area contributed by atoms with E-state index in [0.29, 0.717) is 31.1 Å². The summed E-state index contributed by atoms with van der Waals surface area (Å²) in [7, 11) is 2.20. The second-order valence-electron chi connectivity index (χ2n) is 6.54. The molecule has 116 valence electrons. The first-order valence-corrected chi connectivity index (χ1v) is 7.94. The molecule has 2 aliphatic heterocycles. The lowest BCUT2D eigenvalue weighted by Gasteiger charge is -2.29. The van der Waals surface area contributed by atoms with Gasteiger partial charge in [0.2, 0.25) is 0 Å². The van der Waals surface area contributed by atoms with Crippen LogP contribution in [-0.4, -0.2) is 38.3 Å². The van der Waals surface area contributed by atoms with Crippen LogP contribution in [0.15, 0.2) is 12.1 Å². The zero-order valence-electron chi connectivity index (χ0n) is 13.3. The third-order valence-corrected chi connectivity index (χ3v) is 4.69. The summed E-state index contributed by atoms with van der Waals surface area (Å²) < 4.78 is 11.7. The highest BCUT2D eigenvalue weighted by Crippen LogP contribution is 2.45. The van der Waals surface area contributed by atoms with Crippen molar-refractivity contribution in [1.82, 2.24) is 4.90 Å². The highest BCUT2D eigenvalue weighted by atomic mass is 16.6. The highest BCUT2D eigenvalue weighted by Gasteiger charge is 2.33. The van der Waals surface area contributed by atoms with Crippen LogP contribution in [0, 0.1) is 5.92 Å². The molecule has 1 fully saturated rings. The first-order valence-electron chi connectivity index (χ1n) is 7.94. The molecule has 0 spiro atoms. The predicted molar refractivity (Wildman–Crippen MR) is 84.1 cm³/mol. The molecule has 2 aliphatic rings. The van der Waals surface area contributed by atoms with Gasteiger partial charge in [0, 0.05) is 18.2 Å². The molecule has 1 saturated heterocycles. The Balaban J connectivity index is 2.02. The lowest BCUT2D eigenvalue weighted by molar-refractivity contribution is 0.168. The monoisotopic (exact) mass is 290 g/mol. The number of hydrogen-bond acceptors (Lipinski definition) is 4.